The molecule has 0 bridgehead atoms. The van der Waals surface area contributed by atoms with Crippen LogP contribution in [-0.2, 0) is 0 Å². The van der Waals surface area contributed by atoms with Gasteiger partial charge in [-0.15, -0.1) is 12.4 Å². The standard InChI is InChI=1S/C3H5N3O.ClH/c4-6-2-1-5-3(6)7;/h1-2H,4H2,(H,5,7);1H. The number of aromatic nitrogens is 2. The molecule has 0 fully saturated rings. The highest BCUT2D eigenvalue weighted by atomic mass is 35.5. The zero-order valence-corrected chi connectivity index (χ0v) is 4.81. The molecule has 8 heavy (non-hydrogen) atoms. The van der Waals surface area contributed by atoms with Gasteiger partial charge < -0.3 is 10.8 Å². The predicted octanol–water partition coefficient (Wildman–Crippen LogP) is -0.688. The third-order valence-corrected chi connectivity index (χ3v) is 0.676. The van der Waals surface area contributed by atoms with Gasteiger partial charge in [-0.2, -0.15) is 0 Å². The molecule has 0 aliphatic heterocycles. The minimum absolute atomic E-state index is 0. The van der Waals surface area contributed by atoms with Gasteiger partial charge in [-0.1, -0.05) is 0 Å². The zero-order valence-electron chi connectivity index (χ0n) is 4.00. The average molecular weight is 136 g/mol. The summed E-state index contributed by atoms with van der Waals surface area (Å²) in [7, 11) is 0. The molecule has 0 atom stereocenters. The number of hydrogen-bond donors (Lipinski definition) is 2. The van der Waals surface area contributed by atoms with E-state index in [0.717, 1.165) is 4.68 Å². The lowest BCUT2D eigenvalue weighted by atomic mass is 11.0. The molecule has 0 aliphatic carbocycles. The van der Waals surface area contributed by atoms with E-state index in [-0.39, 0.29) is 18.1 Å². The van der Waals surface area contributed by atoms with Crippen molar-refractivity contribution >= 4 is 12.4 Å². The number of rotatable bonds is 0. The van der Waals surface area contributed by atoms with Crippen LogP contribution in [0.25, 0.3) is 0 Å². The van der Waals surface area contributed by atoms with Crippen molar-refractivity contribution in [2.45, 2.75) is 0 Å². The van der Waals surface area contributed by atoms with E-state index in [1.807, 2.05) is 0 Å². The molecule has 0 aromatic carbocycles. The lowest BCUT2D eigenvalue weighted by molar-refractivity contribution is 0.937. The van der Waals surface area contributed by atoms with Gasteiger partial charge in [0.25, 0.3) is 0 Å². The van der Waals surface area contributed by atoms with E-state index < -0.39 is 0 Å². The number of nitrogens with one attached hydrogen (secondary N) is 1. The largest absolute Gasteiger partial charge is 0.343 e. The van der Waals surface area contributed by atoms with E-state index >= 15 is 0 Å². The maximum atomic E-state index is 10.2. The molecular weight excluding hydrogens is 130 g/mol. The number of nitrogen functional groups attached to an aromatic ring is 1. The second-order valence-electron chi connectivity index (χ2n) is 1.17. The molecule has 4 nitrogen and oxygen atoms in total. The number of hydrogen-bond acceptors (Lipinski definition) is 2. The van der Waals surface area contributed by atoms with Crippen LogP contribution >= 0.6 is 12.4 Å². The fourth-order valence-corrected chi connectivity index (χ4v) is 0.331. The number of nitrogens with zero attached hydrogens (tertiary/aromatic N) is 1. The van der Waals surface area contributed by atoms with Crippen LogP contribution in [0.15, 0.2) is 17.2 Å². The molecule has 5 heteroatoms. The highest BCUT2D eigenvalue weighted by Gasteiger charge is 1.81. The summed E-state index contributed by atoms with van der Waals surface area (Å²) in [4.78, 5) is 12.6. The Morgan fingerprint density at radius 2 is 2.38 bits per heavy atom. The normalized spacial score (nSPS) is 8.00. The predicted molar refractivity (Wildman–Crippen MR) is 32.5 cm³/mol. The molecule has 0 unspecified atom stereocenters. The number of imidazole rings is 1. The van der Waals surface area contributed by atoms with Gasteiger partial charge in [0.05, 0.1) is 0 Å². The second kappa shape index (κ2) is 2.42. The van der Waals surface area contributed by atoms with Gasteiger partial charge in [-0.3, -0.25) is 0 Å². The van der Waals surface area contributed by atoms with E-state index in [2.05, 4.69) is 4.98 Å². The summed E-state index contributed by atoms with van der Waals surface area (Å²) in [6.07, 6.45) is 2.92. The Balaban J connectivity index is 0.000000490. The fourth-order valence-electron chi connectivity index (χ4n) is 0.331. The molecule has 1 aromatic rings. The Hall–Kier alpha value is -0.900. The number of aromatic amines is 1. The second-order valence-corrected chi connectivity index (χ2v) is 1.17. The Morgan fingerprint density at radius 1 is 1.75 bits per heavy atom. The van der Waals surface area contributed by atoms with Crippen LogP contribution in [-0.4, -0.2) is 9.66 Å². The van der Waals surface area contributed by atoms with Crippen LogP contribution in [0.2, 0.25) is 0 Å². The molecule has 0 saturated heterocycles. The third kappa shape index (κ3) is 1.04. The molecule has 0 radical (unpaired) electrons. The molecule has 0 amide bonds. The van der Waals surface area contributed by atoms with Gasteiger partial charge in [0.1, 0.15) is 0 Å². The van der Waals surface area contributed by atoms with Gasteiger partial charge in [0.15, 0.2) is 0 Å². The van der Waals surface area contributed by atoms with Crippen molar-refractivity contribution in [3.63, 3.8) is 0 Å². The SMILES string of the molecule is Cl.Nn1cc[nH]c1=O. The molecule has 1 heterocycles. The van der Waals surface area contributed by atoms with E-state index in [1.165, 1.54) is 12.4 Å². The Bertz CT molecular complexity index is 202. The maximum Gasteiger partial charge on any atom is 0.343 e. The fraction of sp³-hybridized carbons (Fsp3) is 0. The van der Waals surface area contributed by atoms with Crippen LogP contribution < -0.4 is 11.5 Å². The van der Waals surface area contributed by atoms with Gasteiger partial charge in [0, 0.05) is 12.4 Å². The first-order valence-corrected chi connectivity index (χ1v) is 1.82. The van der Waals surface area contributed by atoms with Crippen LogP contribution in [0.4, 0.5) is 0 Å². The summed E-state index contributed by atoms with van der Waals surface area (Å²) in [5, 5.41) is 0. The minimum Gasteiger partial charge on any atom is -0.335 e. The molecule has 1 aromatic heterocycles. The van der Waals surface area contributed by atoms with Crippen molar-refractivity contribution in [1.29, 1.82) is 0 Å². The summed E-state index contributed by atoms with van der Waals surface area (Å²) in [5.41, 5.74) is -0.292. The van der Waals surface area contributed by atoms with Crippen molar-refractivity contribution < 1.29 is 0 Å². The van der Waals surface area contributed by atoms with Crippen LogP contribution in [0.5, 0.6) is 0 Å². The smallest absolute Gasteiger partial charge is 0.335 e. The Morgan fingerprint density at radius 3 is 2.50 bits per heavy atom. The van der Waals surface area contributed by atoms with Gasteiger partial charge in [-0.05, 0) is 0 Å². The number of halogens is 1. The monoisotopic (exact) mass is 135 g/mol. The quantitative estimate of drug-likeness (QED) is 0.463. The van der Waals surface area contributed by atoms with Crippen molar-refractivity contribution in [3.8, 4) is 0 Å². The van der Waals surface area contributed by atoms with Crippen LogP contribution in [0, 0.1) is 0 Å². The summed E-state index contributed by atoms with van der Waals surface area (Å²) in [6, 6.07) is 0. The molecular formula is C3H6ClN3O. The number of H-pyrrole nitrogens is 1. The summed E-state index contributed by atoms with van der Waals surface area (Å²) in [6.45, 7) is 0. The van der Waals surface area contributed by atoms with Crippen LogP contribution in [0.1, 0.15) is 0 Å². The topological polar surface area (TPSA) is 63.8 Å². The molecule has 0 spiro atoms. The third-order valence-electron chi connectivity index (χ3n) is 0.676. The molecule has 0 aliphatic rings. The molecule has 0 saturated carbocycles. The zero-order chi connectivity index (χ0) is 5.28. The average Bonchev–Trinajstić information content (AvgIpc) is 1.91. The maximum absolute atomic E-state index is 10.2. The lowest BCUT2D eigenvalue weighted by Gasteiger charge is -1.78. The first kappa shape index (κ1) is 7.10. The van der Waals surface area contributed by atoms with E-state index in [1.54, 1.807) is 0 Å². The number of nitrogens with two attached hydrogens (primary N) is 1. The van der Waals surface area contributed by atoms with Crippen molar-refractivity contribution in [2.24, 2.45) is 0 Å². The minimum atomic E-state index is -0.292. The van der Waals surface area contributed by atoms with E-state index in [0.29, 0.717) is 0 Å². The van der Waals surface area contributed by atoms with Crippen molar-refractivity contribution in [3.05, 3.63) is 22.9 Å². The van der Waals surface area contributed by atoms with Crippen LogP contribution in [0.3, 0.4) is 0 Å². The highest BCUT2D eigenvalue weighted by Crippen LogP contribution is 1.60. The first-order valence-electron chi connectivity index (χ1n) is 1.82. The summed E-state index contributed by atoms with van der Waals surface area (Å²) < 4.78 is 0.972. The molecule has 46 valence electrons. The Kier molecular flexibility index (Phi) is 2.15. The van der Waals surface area contributed by atoms with Gasteiger partial charge >= 0.3 is 5.69 Å². The lowest BCUT2D eigenvalue weighted by Crippen LogP contribution is -2.22. The highest BCUT2D eigenvalue weighted by molar-refractivity contribution is 5.85. The van der Waals surface area contributed by atoms with E-state index in [9.17, 15) is 4.79 Å². The van der Waals surface area contributed by atoms with E-state index in [4.69, 9.17) is 5.84 Å². The van der Waals surface area contributed by atoms with Gasteiger partial charge in [0.2, 0.25) is 0 Å². The molecule has 1 rings (SSSR count). The summed E-state index contributed by atoms with van der Waals surface area (Å²) >= 11 is 0. The summed E-state index contributed by atoms with van der Waals surface area (Å²) in [5.74, 6) is 5.01. The first-order chi connectivity index (χ1) is 3.30. The van der Waals surface area contributed by atoms with Crippen molar-refractivity contribution in [2.75, 3.05) is 5.84 Å². The van der Waals surface area contributed by atoms with Gasteiger partial charge in [-0.25, -0.2) is 9.47 Å². The molecule has 3 N–H and O–H groups in total. The Labute approximate surface area is 51.7 Å². The van der Waals surface area contributed by atoms with Crippen molar-refractivity contribution in [1.82, 2.24) is 9.66 Å².